The molecule has 0 saturated carbocycles. The number of carbonyl (C=O) groups excluding carboxylic acids is 1. The van der Waals surface area contributed by atoms with Crippen LogP contribution >= 0.6 is 12.4 Å². The number of anilines is 1. The highest BCUT2D eigenvalue weighted by atomic mass is 35.5. The average molecular weight is 479 g/mol. The monoisotopic (exact) mass is 478 g/mol. The zero-order chi connectivity index (χ0) is 22.5. The van der Waals surface area contributed by atoms with Crippen LogP contribution in [0, 0.1) is 23.4 Å². The second-order valence-electron chi connectivity index (χ2n) is 7.45. The van der Waals surface area contributed by atoms with Gasteiger partial charge in [-0.15, -0.1) is 12.4 Å². The average Bonchev–Trinajstić information content (AvgIpc) is 2.80. The molecule has 1 aliphatic rings. The Morgan fingerprint density at radius 3 is 2.52 bits per heavy atom. The van der Waals surface area contributed by atoms with Gasteiger partial charge in [0, 0.05) is 12.3 Å². The highest BCUT2D eigenvalue weighted by Gasteiger charge is 2.20. The lowest BCUT2D eigenvalue weighted by Crippen LogP contribution is -2.30. The van der Waals surface area contributed by atoms with Crippen molar-refractivity contribution >= 4 is 24.0 Å². The minimum absolute atomic E-state index is 0. The fourth-order valence-electron chi connectivity index (χ4n) is 3.51. The number of nitrogens with zero attached hydrogens (tertiary/aromatic N) is 2. The topological polar surface area (TPSA) is 76.1 Å². The normalized spacial score (nSPS) is 13.8. The number of piperidine rings is 1. The van der Waals surface area contributed by atoms with Crippen LogP contribution in [0.15, 0.2) is 48.8 Å². The second kappa shape index (κ2) is 11.1. The lowest BCUT2D eigenvalue weighted by Gasteiger charge is -2.23. The Morgan fingerprint density at radius 1 is 1.06 bits per heavy atom. The van der Waals surface area contributed by atoms with Crippen LogP contribution in [0.3, 0.4) is 0 Å². The fourth-order valence-corrected chi connectivity index (χ4v) is 3.51. The van der Waals surface area contributed by atoms with Crippen LogP contribution in [0.1, 0.15) is 23.3 Å². The Balaban J connectivity index is 0.00000306. The van der Waals surface area contributed by atoms with Crippen molar-refractivity contribution in [2.45, 2.75) is 12.8 Å². The number of rotatable bonds is 6. The quantitative estimate of drug-likeness (QED) is 0.541. The van der Waals surface area contributed by atoms with Gasteiger partial charge in [-0.05, 0) is 56.1 Å². The van der Waals surface area contributed by atoms with E-state index >= 15 is 0 Å². The van der Waals surface area contributed by atoms with Crippen molar-refractivity contribution in [1.29, 1.82) is 0 Å². The SMILES string of the molecule is Cl.O=C(Nc1cnccc1OCC1CCNCC1)c1ccc(F)c(-c2c(F)cccc2F)n1. The number of benzene rings is 1. The van der Waals surface area contributed by atoms with Gasteiger partial charge in [0.05, 0.1) is 18.4 Å². The predicted molar refractivity (Wildman–Crippen MR) is 120 cm³/mol. The van der Waals surface area contributed by atoms with E-state index in [1.54, 1.807) is 12.3 Å². The molecule has 3 aromatic rings. The van der Waals surface area contributed by atoms with E-state index in [2.05, 4.69) is 20.6 Å². The van der Waals surface area contributed by atoms with E-state index in [0.29, 0.717) is 24.0 Å². The second-order valence-corrected chi connectivity index (χ2v) is 7.45. The molecule has 0 unspecified atom stereocenters. The molecule has 2 N–H and O–H groups in total. The standard InChI is InChI=1S/C23H21F3N4O2.ClH/c24-15-2-1-3-16(25)21(15)22-17(26)4-5-18(29-22)23(31)30-19-12-28-11-8-20(19)32-13-14-6-9-27-10-7-14;/h1-5,8,11-12,14,27H,6-7,9-10,13H2,(H,30,31);1H. The van der Waals surface area contributed by atoms with Crippen LogP contribution in [-0.2, 0) is 0 Å². The fraction of sp³-hybridized carbons (Fsp3) is 0.261. The molecule has 2 aromatic heterocycles. The van der Waals surface area contributed by atoms with Gasteiger partial charge in [-0.2, -0.15) is 0 Å². The van der Waals surface area contributed by atoms with Crippen LogP contribution in [0.2, 0.25) is 0 Å². The number of nitrogens with one attached hydrogen (secondary N) is 2. The van der Waals surface area contributed by atoms with E-state index in [9.17, 15) is 18.0 Å². The highest BCUT2D eigenvalue weighted by Crippen LogP contribution is 2.28. The molecule has 1 aromatic carbocycles. The molecular weight excluding hydrogens is 457 g/mol. The van der Waals surface area contributed by atoms with Crippen LogP contribution in [0.5, 0.6) is 5.75 Å². The van der Waals surface area contributed by atoms with E-state index in [-0.39, 0.29) is 18.1 Å². The Morgan fingerprint density at radius 2 is 1.79 bits per heavy atom. The molecule has 1 amide bonds. The maximum Gasteiger partial charge on any atom is 0.274 e. The summed E-state index contributed by atoms with van der Waals surface area (Å²) in [6, 6.07) is 6.87. The first-order valence-electron chi connectivity index (χ1n) is 10.2. The molecule has 174 valence electrons. The summed E-state index contributed by atoms with van der Waals surface area (Å²) in [7, 11) is 0. The number of halogens is 4. The van der Waals surface area contributed by atoms with Gasteiger partial charge in [-0.25, -0.2) is 18.2 Å². The third kappa shape index (κ3) is 5.80. The highest BCUT2D eigenvalue weighted by molar-refractivity contribution is 6.03. The summed E-state index contributed by atoms with van der Waals surface area (Å²) in [5.74, 6) is -2.75. The molecule has 0 atom stereocenters. The van der Waals surface area contributed by atoms with Crippen molar-refractivity contribution in [2.24, 2.45) is 5.92 Å². The first-order valence-corrected chi connectivity index (χ1v) is 10.2. The third-order valence-electron chi connectivity index (χ3n) is 5.24. The maximum atomic E-state index is 14.3. The number of carbonyl (C=O) groups is 1. The lowest BCUT2D eigenvalue weighted by atomic mass is 9.99. The molecule has 0 spiro atoms. The minimum atomic E-state index is -0.977. The number of hydrogen-bond acceptors (Lipinski definition) is 5. The number of hydrogen-bond donors (Lipinski definition) is 2. The Bertz CT molecular complexity index is 1110. The number of amides is 1. The van der Waals surface area contributed by atoms with E-state index in [1.165, 1.54) is 6.20 Å². The van der Waals surface area contributed by atoms with Gasteiger partial charge in [0.15, 0.2) is 0 Å². The molecule has 6 nitrogen and oxygen atoms in total. The Kier molecular flexibility index (Phi) is 8.24. The zero-order valence-corrected chi connectivity index (χ0v) is 18.3. The molecule has 3 heterocycles. The Labute approximate surface area is 195 Å². The molecular formula is C23H22ClF3N4O2. The molecule has 1 saturated heterocycles. The third-order valence-corrected chi connectivity index (χ3v) is 5.24. The van der Waals surface area contributed by atoms with Crippen LogP contribution < -0.4 is 15.4 Å². The van der Waals surface area contributed by atoms with Gasteiger partial charge in [0.2, 0.25) is 0 Å². The van der Waals surface area contributed by atoms with Crippen molar-refractivity contribution in [1.82, 2.24) is 15.3 Å². The molecule has 10 heteroatoms. The molecule has 0 radical (unpaired) electrons. The summed E-state index contributed by atoms with van der Waals surface area (Å²) < 4.78 is 48.4. The molecule has 1 fully saturated rings. The first-order chi connectivity index (χ1) is 15.5. The zero-order valence-electron chi connectivity index (χ0n) is 17.5. The van der Waals surface area contributed by atoms with Gasteiger partial charge < -0.3 is 15.4 Å². The molecule has 33 heavy (non-hydrogen) atoms. The molecule has 0 bridgehead atoms. The van der Waals surface area contributed by atoms with E-state index in [1.807, 2.05) is 0 Å². The number of ether oxygens (including phenoxy) is 1. The van der Waals surface area contributed by atoms with Crippen molar-refractivity contribution in [3.63, 3.8) is 0 Å². The van der Waals surface area contributed by atoms with Gasteiger partial charge in [-0.3, -0.25) is 9.78 Å². The summed E-state index contributed by atoms with van der Waals surface area (Å²) in [5, 5.41) is 5.92. The lowest BCUT2D eigenvalue weighted by molar-refractivity contribution is 0.102. The van der Waals surface area contributed by atoms with Crippen molar-refractivity contribution in [3.8, 4) is 17.0 Å². The van der Waals surface area contributed by atoms with E-state index in [4.69, 9.17) is 4.74 Å². The largest absolute Gasteiger partial charge is 0.491 e. The molecule has 4 rings (SSSR count). The smallest absolute Gasteiger partial charge is 0.274 e. The van der Waals surface area contributed by atoms with Gasteiger partial charge in [-0.1, -0.05) is 6.07 Å². The predicted octanol–water partition coefficient (Wildman–Crippen LogP) is 4.61. The first kappa shape index (κ1) is 24.5. The van der Waals surface area contributed by atoms with Gasteiger partial charge >= 0.3 is 0 Å². The maximum absolute atomic E-state index is 14.3. The van der Waals surface area contributed by atoms with Gasteiger partial charge in [0.1, 0.15) is 40.3 Å². The van der Waals surface area contributed by atoms with Crippen LogP contribution in [-0.4, -0.2) is 35.6 Å². The minimum Gasteiger partial charge on any atom is -0.491 e. The summed E-state index contributed by atoms with van der Waals surface area (Å²) >= 11 is 0. The van der Waals surface area contributed by atoms with E-state index in [0.717, 1.165) is 56.3 Å². The van der Waals surface area contributed by atoms with Crippen molar-refractivity contribution in [3.05, 3.63) is 71.9 Å². The molecule has 1 aliphatic heterocycles. The van der Waals surface area contributed by atoms with Crippen LogP contribution in [0.4, 0.5) is 18.9 Å². The number of pyridine rings is 2. The van der Waals surface area contributed by atoms with Gasteiger partial charge in [0.25, 0.3) is 5.91 Å². The molecule has 0 aliphatic carbocycles. The van der Waals surface area contributed by atoms with Crippen molar-refractivity contribution in [2.75, 3.05) is 25.0 Å². The van der Waals surface area contributed by atoms with E-state index < -0.39 is 34.6 Å². The van der Waals surface area contributed by atoms with Crippen molar-refractivity contribution < 1.29 is 22.7 Å². The summed E-state index contributed by atoms with van der Waals surface area (Å²) in [6.07, 6.45) is 4.97. The summed E-state index contributed by atoms with van der Waals surface area (Å²) in [5.41, 5.74) is -1.11. The summed E-state index contributed by atoms with van der Waals surface area (Å²) in [6.45, 7) is 2.38. The Hall–Kier alpha value is -3.17. The summed E-state index contributed by atoms with van der Waals surface area (Å²) in [4.78, 5) is 20.6. The van der Waals surface area contributed by atoms with Crippen LogP contribution in [0.25, 0.3) is 11.3 Å². The number of aromatic nitrogens is 2.